The third-order valence-corrected chi connectivity index (χ3v) is 3.97. The van der Waals surface area contributed by atoms with E-state index in [-0.39, 0.29) is 0 Å². The Labute approximate surface area is 99.3 Å². The first-order valence-electron chi connectivity index (χ1n) is 6.55. The van der Waals surface area contributed by atoms with Crippen LogP contribution in [0.2, 0.25) is 0 Å². The molecule has 1 aliphatic carbocycles. The summed E-state index contributed by atoms with van der Waals surface area (Å²) in [5.41, 5.74) is 3.07. The van der Waals surface area contributed by atoms with Crippen LogP contribution in [0, 0.1) is 11.8 Å². The van der Waals surface area contributed by atoms with Crippen LogP contribution in [0.1, 0.15) is 44.4 Å². The number of rotatable bonds is 3. The Morgan fingerprint density at radius 1 is 1.25 bits per heavy atom. The summed E-state index contributed by atoms with van der Waals surface area (Å²) in [6.45, 7) is 8.11. The molecule has 0 bridgehead atoms. The van der Waals surface area contributed by atoms with Gasteiger partial charge in [-0.1, -0.05) is 45.0 Å². The van der Waals surface area contributed by atoms with E-state index in [1.165, 1.54) is 18.4 Å². The second-order valence-electron chi connectivity index (χ2n) is 5.17. The van der Waals surface area contributed by atoms with Gasteiger partial charge in [-0.05, 0) is 42.3 Å². The highest BCUT2D eigenvalue weighted by Crippen LogP contribution is 2.37. The molecule has 3 unspecified atom stereocenters. The summed E-state index contributed by atoms with van der Waals surface area (Å²) in [6.07, 6.45) is 2.45. The normalized spacial score (nSPS) is 28.8. The van der Waals surface area contributed by atoms with Gasteiger partial charge >= 0.3 is 0 Å². The van der Waals surface area contributed by atoms with Gasteiger partial charge in [0.15, 0.2) is 0 Å². The molecule has 0 aromatic heterocycles. The van der Waals surface area contributed by atoms with Gasteiger partial charge in [-0.25, -0.2) is 0 Å². The molecule has 2 rings (SSSR count). The first-order valence-corrected chi connectivity index (χ1v) is 6.55. The molecule has 0 saturated heterocycles. The van der Waals surface area contributed by atoms with Crippen LogP contribution in [0.3, 0.4) is 0 Å². The van der Waals surface area contributed by atoms with Crippen molar-refractivity contribution in [3.63, 3.8) is 0 Å². The maximum Gasteiger partial charge on any atom is 0.0351 e. The molecule has 1 heteroatoms. The fourth-order valence-corrected chi connectivity index (χ4v) is 2.76. The Bertz CT molecular complexity index is 345. The summed E-state index contributed by atoms with van der Waals surface area (Å²) in [7, 11) is 0. The van der Waals surface area contributed by atoms with E-state index < -0.39 is 0 Å². The van der Waals surface area contributed by atoms with Crippen LogP contribution in [-0.4, -0.2) is 6.54 Å². The van der Waals surface area contributed by atoms with Gasteiger partial charge in [0.25, 0.3) is 0 Å². The smallest absolute Gasteiger partial charge is 0.0351 e. The predicted molar refractivity (Wildman–Crippen MR) is 69.5 cm³/mol. The van der Waals surface area contributed by atoms with E-state index in [0.29, 0.717) is 6.04 Å². The SMILES string of the molecule is CCCNC1c2ccccc2CC(C)C1C. The standard InChI is InChI=1S/C15H23N/c1-4-9-16-15-12(3)11(2)10-13-7-5-6-8-14(13)15/h5-8,11-12,15-16H,4,9-10H2,1-3H3. The predicted octanol–water partition coefficient (Wildman–Crippen LogP) is 3.56. The summed E-state index contributed by atoms with van der Waals surface area (Å²) >= 11 is 0. The number of hydrogen-bond donors (Lipinski definition) is 1. The Balaban J connectivity index is 2.26. The van der Waals surface area contributed by atoms with Gasteiger partial charge in [-0.3, -0.25) is 0 Å². The van der Waals surface area contributed by atoms with Crippen molar-refractivity contribution in [2.24, 2.45) is 11.8 Å². The monoisotopic (exact) mass is 217 g/mol. The quantitative estimate of drug-likeness (QED) is 0.816. The van der Waals surface area contributed by atoms with Crippen molar-refractivity contribution < 1.29 is 0 Å². The second-order valence-corrected chi connectivity index (χ2v) is 5.17. The van der Waals surface area contributed by atoms with Gasteiger partial charge in [0.1, 0.15) is 0 Å². The van der Waals surface area contributed by atoms with Gasteiger partial charge < -0.3 is 5.32 Å². The van der Waals surface area contributed by atoms with Crippen LogP contribution < -0.4 is 5.32 Å². The lowest BCUT2D eigenvalue weighted by atomic mass is 9.74. The Hall–Kier alpha value is -0.820. The Morgan fingerprint density at radius 2 is 2.00 bits per heavy atom. The molecule has 88 valence electrons. The number of nitrogens with one attached hydrogen (secondary N) is 1. The van der Waals surface area contributed by atoms with Crippen molar-refractivity contribution in [1.82, 2.24) is 5.32 Å². The third-order valence-electron chi connectivity index (χ3n) is 3.97. The van der Waals surface area contributed by atoms with Crippen molar-refractivity contribution in [3.05, 3.63) is 35.4 Å². The topological polar surface area (TPSA) is 12.0 Å². The molecule has 1 aliphatic rings. The van der Waals surface area contributed by atoms with Gasteiger partial charge in [-0.2, -0.15) is 0 Å². The number of hydrogen-bond acceptors (Lipinski definition) is 1. The summed E-state index contributed by atoms with van der Waals surface area (Å²) in [5.74, 6) is 1.52. The number of fused-ring (bicyclic) bond motifs is 1. The molecule has 0 heterocycles. The molecule has 1 aromatic carbocycles. The van der Waals surface area contributed by atoms with E-state index in [0.717, 1.165) is 18.4 Å². The minimum Gasteiger partial charge on any atom is -0.310 e. The molecule has 0 fully saturated rings. The van der Waals surface area contributed by atoms with E-state index >= 15 is 0 Å². The van der Waals surface area contributed by atoms with Crippen LogP contribution in [0.15, 0.2) is 24.3 Å². The van der Waals surface area contributed by atoms with E-state index in [1.807, 2.05) is 0 Å². The van der Waals surface area contributed by atoms with Crippen molar-refractivity contribution in [2.75, 3.05) is 6.54 Å². The van der Waals surface area contributed by atoms with Crippen molar-refractivity contribution in [3.8, 4) is 0 Å². The zero-order valence-electron chi connectivity index (χ0n) is 10.7. The largest absolute Gasteiger partial charge is 0.310 e. The summed E-state index contributed by atoms with van der Waals surface area (Å²) < 4.78 is 0. The van der Waals surface area contributed by atoms with Crippen LogP contribution >= 0.6 is 0 Å². The van der Waals surface area contributed by atoms with Gasteiger partial charge in [0.2, 0.25) is 0 Å². The second kappa shape index (κ2) is 5.01. The minimum atomic E-state index is 0.555. The maximum atomic E-state index is 3.71. The van der Waals surface area contributed by atoms with Crippen LogP contribution in [-0.2, 0) is 6.42 Å². The van der Waals surface area contributed by atoms with Crippen LogP contribution in [0.4, 0.5) is 0 Å². The van der Waals surface area contributed by atoms with Crippen LogP contribution in [0.5, 0.6) is 0 Å². The Kier molecular flexibility index (Phi) is 3.65. The summed E-state index contributed by atoms with van der Waals surface area (Å²) in [5, 5.41) is 3.71. The van der Waals surface area contributed by atoms with E-state index in [2.05, 4.69) is 50.4 Å². The highest BCUT2D eigenvalue weighted by Gasteiger charge is 2.30. The van der Waals surface area contributed by atoms with Crippen LogP contribution in [0.25, 0.3) is 0 Å². The lowest BCUT2D eigenvalue weighted by Gasteiger charge is -2.36. The molecule has 1 N–H and O–H groups in total. The zero-order chi connectivity index (χ0) is 11.5. The molecule has 0 amide bonds. The lowest BCUT2D eigenvalue weighted by Crippen LogP contribution is -2.35. The highest BCUT2D eigenvalue weighted by molar-refractivity contribution is 5.33. The number of benzene rings is 1. The van der Waals surface area contributed by atoms with E-state index in [4.69, 9.17) is 0 Å². The first kappa shape index (κ1) is 11.7. The average molecular weight is 217 g/mol. The van der Waals surface area contributed by atoms with Crippen molar-refractivity contribution in [2.45, 2.75) is 39.7 Å². The van der Waals surface area contributed by atoms with Gasteiger partial charge in [0, 0.05) is 6.04 Å². The van der Waals surface area contributed by atoms with Gasteiger partial charge in [0.05, 0.1) is 0 Å². The van der Waals surface area contributed by atoms with E-state index in [9.17, 15) is 0 Å². The molecule has 0 aliphatic heterocycles. The molecule has 16 heavy (non-hydrogen) atoms. The molecular formula is C15H23N. The molecule has 1 nitrogen and oxygen atoms in total. The lowest BCUT2D eigenvalue weighted by molar-refractivity contribution is 0.264. The van der Waals surface area contributed by atoms with Crippen molar-refractivity contribution in [1.29, 1.82) is 0 Å². The molecule has 3 atom stereocenters. The van der Waals surface area contributed by atoms with Gasteiger partial charge in [-0.15, -0.1) is 0 Å². The first-order chi connectivity index (χ1) is 7.74. The fourth-order valence-electron chi connectivity index (χ4n) is 2.76. The highest BCUT2D eigenvalue weighted by atomic mass is 14.9. The molecule has 0 spiro atoms. The average Bonchev–Trinajstić information content (AvgIpc) is 2.30. The molecular weight excluding hydrogens is 194 g/mol. The zero-order valence-corrected chi connectivity index (χ0v) is 10.7. The maximum absolute atomic E-state index is 3.71. The summed E-state index contributed by atoms with van der Waals surface area (Å²) in [6, 6.07) is 9.48. The summed E-state index contributed by atoms with van der Waals surface area (Å²) in [4.78, 5) is 0. The molecule has 0 radical (unpaired) electrons. The van der Waals surface area contributed by atoms with E-state index in [1.54, 1.807) is 5.56 Å². The molecule has 1 aromatic rings. The minimum absolute atomic E-state index is 0.555. The Morgan fingerprint density at radius 3 is 2.75 bits per heavy atom. The fraction of sp³-hybridized carbons (Fsp3) is 0.600. The third kappa shape index (κ3) is 2.15. The van der Waals surface area contributed by atoms with Crippen molar-refractivity contribution >= 4 is 0 Å². The molecule has 0 saturated carbocycles.